The number of nitrogens with zero attached hydrogens (tertiary/aromatic N) is 1. The Morgan fingerprint density at radius 3 is 2.03 bits per heavy atom. The molecule has 1 aliphatic rings. The molecule has 4 rings (SSSR count). The molecule has 0 saturated carbocycles. The third-order valence-electron chi connectivity index (χ3n) is 5.50. The van der Waals surface area contributed by atoms with Gasteiger partial charge in [0.2, 0.25) is 10.0 Å². The number of rotatable bonds is 4. The van der Waals surface area contributed by atoms with Gasteiger partial charge in [-0.05, 0) is 52.4 Å². The predicted octanol–water partition coefficient (Wildman–Crippen LogP) is 4.53. The zero-order chi connectivity index (χ0) is 24.1. The number of benzene rings is 3. The normalized spacial score (nSPS) is 13.9. The Labute approximate surface area is 192 Å². The molecule has 0 aliphatic carbocycles. The fourth-order valence-electron chi connectivity index (χ4n) is 3.76. The molecule has 170 valence electrons. The molecule has 0 aromatic heterocycles. The van der Waals surface area contributed by atoms with Gasteiger partial charge in [0, 0.05) is 0 Å². The monoisotopic (exact) mass is 464 g/mol. The molecule has 3 aromatic rings. The van der Waals surface area contributed by atoms with Crippen LogP contribution in [0.2, 0.25) is 0 Å². The molecule has 0 saturated heterocycles. The van der Waals surface area contributed by atoms with Gasteiger partial charge >= 0.3 is 0 Å². The third-order valence-corrected chi connectivity index (χ3v) is 6.10. The number of phenolic OH excluding ortho intramolecular Hbond substituents is 1. The highest BCUT2D eigenvalue weighted by Crippen LogP contribution is 2.35. The van der Waals surface area contributed by atoms with Crippen LogP contribution >= 0.6 is 0 Å². The average molecular weight is 465 g/mol. The minimum absolute atomic E-state index is 0.0221. The molecular weight excluding hydrogens is 440 g/mol. The molecule has 0 radical (unpaired) electrons. The summed E-state index contributed by atoms with van der Waals surface area (Å²) in [6.07, 6.45) is 0.941. The summed E-state index contributed by atoms with van der Waals surface area (Å²) in [5.74, 6) is -1.35. The van der Waals surface area contributed by atoms with E-state index in [9.17, 15) is 23.1 Å². The van der Waals surface area contributed by atoms with Crippen LogP contribution < -0.4 is 9.62 Å². The molecule has 0 atom stereocenters. The van der Waals surface area contributed by atoms with Crippen molar-refractivity contribution in [2.24, 2.45) is 0 Å². The number of phenols is 1. The Morgan fingerprint density at radius 2 is 1.42 bits per heavy atom. The van der Waals surface area contributed by atoms with Crippen molar-refractivity contribution in [3.8, 4) is 16.9 Å². The van der Waals surface area contributed by atoms with Gasteiger partial charge in [-0.15, -0.1) is 0 Å². The standard InChI is InChI=1S/C25H24N2O5S/c1-25(2,3)17-8-5-15(6-9-17)16-7-11-19-20(13-16)24(30)27(23(19)29)18-10-12-22(28)21(14-18)26-33(4,31)32/h5-14,26,28H,1-4H3. The molecule has 1 aliphatic heterocycles. The Hall–Kier alpha value is -3.65. The van der Waals surface area contributed by atoms with Gasteiger partial charge in [0.05, 0.1) is 28.8 Å². The highest BCUT2D eigenvalue weighted by molar-refractivity contribution is 7.92. The number of amides is 2. The van der Waals surface area contributed by atoms with E-state index in [1.165, 1.54) is 23.8 Å². The van der Waals surface area contributed by atoms with Crippen molar-refractivity contribution in [2.75, 3.05) is 15.9 Å². The average Bonchev–Trinajstić information content (AvgIpc) is 2.98. The quantitative estimate of drug-likeness (QED) is 0.436. The lowest BCUT2D eigenvalue weighted by molar-refractivity contribution is 0.0926. The summed E-state index contributed by atoms with van der Waals surface area (Å²) in [5.41, 5.74) is 3.51. The first kappa shape index (κ1) is 22.5. The second-order valence-electron chi connectivity index (χ2n) is 9.11. The van der Waals surface area contributed by atoms with Crippen molar-refractivity contribution in [1.82, 2.24) is 0 Å². The minimum atomic E-state index is -3.67. The van der Waals surface area contributed by atoms with Gasteiger partial charge in [-0.3, -0.25) is 14.3 Å². The predicted molar refractivity (Wildman–Crippen MR) is 128 cm³/mol. The highest BCUT2D eigenvalue weighted by atomic mass is 32.2. The van der Waals surface area contributed by atoms with Gasteiger partial charge in [-0.1, -0.05) is 51.1 Å². The molecule has 7 nitrogen and oxygen atoms in total. The van der Waals surface area contributed by atoms with Crippen LogP contribution in [0.5, 0.6) is 5.75 Å². The maximum absolute atomic E-state index is 13.2. The van der Waals surface area contributed by atoms with Crippen LogP contribution in [0.1, 0.15) is 47.1 Å². The van der Waals surface area contributed by atoms with Crippen LogP contribution in [0.4, 0.5) is 11.4 Å². The molecule has 0 unspecified atom stereocenters. The lowest BCUT2D eigenvalue weighted by Gasteiger charge is -2.19. The number of carbonyl (C=O) groups is 2. The number of anilines is 2. The van der Waals surface area contributed by atoms with Gasteiger partial charge < -0.3 is 5.11 Å². The lowest BCUT2D eigenvalue weighted by atomic mass is 9.86. The number of sulfonamides is 1. The Bertz CT molecular complexity index is 1390. The van der Waals surface area contributed by atoms with Gasteiger partial charge in [-0.25, -0.2) is 13.3 Å². The largest absolute Gasteiger partial charge is 0.506 e. The molecule has 1 heterocycles. The van der Waals surface area contributed by atoms with E-state index in [0.717, 1.165) is 22.3 Å². The van der Waals surface area contributed by atoms with Crippen molar-refractivity contribution >= 4 is 33.2 Å². The van der Waals surface area contributed by atoms with Gasteiger partial charge in [0.25, 0.3) is 11.8 Å². The van der Waals surface area contributed by atoms with E-state index in [2.05, 4.69) is 37.6 Å². The van der Waals surface area contributed by atoms with Gasteiger partial charge in [-0.2, -0.15) is 0 Å². The molecule has 2 amide bonds. The third kappa shape index (κ3) is 4.34. The van der Waals surface area contributed by atoms with Gasteiger partial charge in [0.1, 0.15) is 5.75 Å². The van der Waals surface area contributed by atoms with E-state index in [0.29, 0.717) is 0 Å². The van der Waals surface area contributed by atoms with Crippen molar-refractivity contribution < 1.29 is 23.1 Å². The molecule has 3 aromatic carbocycles. The summed E-state index contributed by atoms with van der Waals surface area (Å²) in [6.45, 7) is 6.41. The van der Waals surface area contributed by atoms with E-state index in [1.807, 2.05) is 12.1 Å². The zero-order valence-corrected chi connectivity index (χ0v) is 19.5. The highest BCUT2D eigenvalue weighted by Gasteiger charge is 2.37. The first-order valence-corrected chi connectivity index (χ1v) is 12.2. The molecule has 8 heteroatoms. The number of fused-ring (bicyclic) bond motifs is 1. The lowest BCUT2D eigenvalue weighted by Crippen LogP contribution is -2.29. The van der Waals surface area contributed by atoms with E-state index in [4.69, 9.17) is 0 Å². The smallest absolute Gasteiger partial charge is 0.266 e. The Kier molecular flexibility index (Phi) is 5.29. The van der Waals surface area contributed by atoms with Gasteiger partial charge in [0.15, 0.2) is 0 Å². The SMILES string of the molecule is CC(C)(C)c1ccc(-c2ccc3c(c2)C(=O)N(c2ccc(O)c(NS(C)(=O)=O)c2)C3=O)cc1. The van der Waals surface area contributed by atoms with E-state index >= 15 is 0 Å². The van der Waals surface area contributed by atoms with Crippen LogP contribution in [0.25, 0.3) is 11.1 Å². The summed E-state index contributed by atoms with van der Waals surface area (Å²) >= 11 is 0. The fraction of sp³-hybridized carbons (Fsp3) is 0.200. The van der Waals surface area contributed by atoms with Crippen LogP contribution in [0, 0.1) is 0 Å². The minimum Gasteiger partial charge on any atom is -0.506 e. The summed E-state index contributed by atoms with van der Waals surface area (Å²) < 4.78 is 25.3. The topological polar surface area (TPSA) is 104 Å². The molecule has 2 N–H and O–H groups in total. The maximum Gasteiger partial charge on any atom is 0.266 e. The fourth-order valence-corrected chi connectivity index (χ4v) is 4.33. The van der Waals surface area contributed by atoms with E-state index in [1.54, 1.807) is 18.2 Å². The number of hydrogen-bond acceptors (Lipinski definition) is 5. The first-order valence-electron chi connectivity index (χ1n) is 10.3. The zero-order valence-electron chi connectivity index (χ0n) is 18.7. The Balaban J connectivity index is 1.69. The summed E-state index contributed by atoms with van der Waals surface area (Å²) in [4.78, 5) is 27.1. The van der Waals surface area contributed by atoms with Crippen LogP contribution in [0.15, 0.2) is 60.7 Å². The summed E-state index contributed by atoms with van der Waals surface area (Å²) in [6, 6.07) is 17.1. The number of hydrogen-bond donors (Lipinski definition) is 2. The number of aromatic hydroxyl groups is 1. The first-order chi connectivity index (χ1) is 15.3. The van der Waals surface area contributed by atoms with Crippen molar-refractivity contribution in [2.45, 2.75) is 26.2 Å². The van der Waals surface area contributed by atoms with Crippen molar-refractivity contribution in [1.29, 1.82) is 0 Å². The van der Waals surface area contributed by atoms with Crippen LogP contribution in [-0.2, 0) is 15.4 Å². The molecule has 0 bridgehead atoms. The molecule has 0 spiro atoms. The summed E-state index contributed by atoms with van der Waals surface area (Å²) in [7, 11) is -3.67. The summed E-state index contributed by atoms with van der Waals surface area (Å²) in [5, 5.41) is 9.96. The van der Waals surface area contributed by atoms with Crippen molar-refractivity contribution in [3.05, 3.63) is 77.4 Å². The second-order valence-corrected chi connectivity index (χ2v) is 10.9. The second kappa shape index (κ2) is 7.74. The van der Waals surface area contributed by atoms with E-state index < -0.39 is 21.8 Å². The van der Waals surface area contributed by atoms with E-state index in [-0.39, 0.29) is 33.7 Å². The number of nitrogens with one attached hydrogen (secondary N) is 1. The van der Waals surface area contributed by atoms with Crippen LogP contribution in [0.3, 0.4) is 0 Å². The Morgan fingerprint density at radius 1 is 0.818 bits per heavy atom. The number of carbonyl (C=O) groups excluding carboxylic acids is 2. The maximum atomic E-state index is 13.2. The van der Waals surface area contributed by atoms with Crippen LogP contribution in [-0.4, -0.2) is 31.6 Å². The number of imide groups is 1. The molecule has 33 heavy (non-hydrogen) atoms. The molecule has 0 fully saturated rings. The molecular formula is C25H24N2O5S. The van der Waals surface area contributed by atoms with Crippen molar-refractivity contribution in [3.63, 3.8) is 0 Å².